The van der Waals surface area contributed by atoms with Crippen molar-refractivity contribution in [1.82, 2.24) is 35.0 Å². The number of nitrogens with two attached hydrogens (primary N) is 1. The zero-order valence-corrected chi connectivity index (χ0v) is 19.3. The maximum Gasteiger partial charge on any atom is 0.453 e. The van der Waals surface area contributed by atoms with Gasteiger partial charge in [-0.05, 0) is 60.2 Å². The Morgan fingerprint density at radius 2 is 2.00 bits per heavy atom. The predicted octanol–water partition coefficient (Wildman–Crippen LogP) is 2.54. The Morgan fingerprint density at radius 3 is 2.65 bits per heavy atom. The molecule has 37 heavy (non-hydrogen) atoms. The summed E-state index contributed by atoms with van der Waals surface area (Å²) in [5.74, 6) is -2.44. The first-order valence-electron chi connectivity index (χ1n) is 10.5. The Hall–Kier alpha value is -5.13. The lowest BCUT2D eigenvalue weighted by Crippen LogP contribution is -2.20. The Morgan fingerprint density at radius 1 is 1.24 bits per heavy atom. The number of amides is 1. The number of nitrogens with one attached hydrogen (secondary N) is 1. The molecular weight excluding hydrogens is 493 g/mol. The molecule has 3 N–H and O–H groups in total. The van der Waals surface area contributed by atoms with Crippen LogP contribution in [0.1, 0.15) is 50.4 Å². The summed E-state index contributed by atoms with van der Waals surface area (Å²) >= 11 is 0. The molecular formula is C22H17F3N10O2. The van der Waals surface area contributed by atoms with Gasteiger partial charge in [0, 0.05) is 11.8 Å². The first-order chi connectivity index (χ1) is 17.5. The number of carbonyl (C=O) groups is 2. The maximum atomic E-state index is 13.4. The van der Waals surface area contributed by atoms with Crippen LogP contribution in [0.2, 0.25) is 0 Å². The van der Waals surface area contributed by atoms with E-state index >= 15 is 0 Å². The number of nitriles is 1. The van der Waals surface area contributed by atoms with Gasteiger partial charge >= 0.3 is 6.18 Å². The summed E-state index contributed by atoms with van der Waals surface area (Å²) in [4.78, 5) is 29.7. The second-order valence-corrected chi connectivity index (χ2v) is 7.84. The number of alkyl halides is 3. The van der Waals surface area contributed by atoms with Gasteiger partial charge in [0.1, 0.15) is 5.69 Å². The molecule has 3 heterocycles. The number of aryl methyl sites for hydroxylation is 1. The van der Waals surface area contributed by atoms with Crippen LogP contribution in [-0.2, 0) is 12.7 Å². The van der Waals surface area contributed by atoms with E-state index in [4.69, 9.17) is 5.73 Å². The monoisotopic (exact) mass is 510 g/mol. The fourth-order valence-electron chi connectivity index (χ4n) is 3.56. The summed E-state index contributed by atoms with van der Waals surface area (Å²) in [5, 5.41) is 25.5. The Labute approximate surface area is 206 Å². The summed E-state index contributed by atoms with van der Waals surface area (Å²) in [6.07, 6.45) is -3.41. The van der Waals surface area contributed by atoms with Crippen LogP contribution < -0.4 is 11.1 Å². The molecule has 0 aliphatic heterocycles. The van der Waals surface area contributed by atoms with E-state index in [0.29, 0.717) is 10.2 Å². The van der Waals surface area contributed by atoms with Gasteiger partial charge in [-0.1, -0.05) is 0 Å². The van der Waals surface area contributed by atoms with Crippen molar-refractivity contribution in [1.29, 1.82) is 5.26 Å². The maximum absolute atomic E-state index is 13.4. The number of hydrogen-bond donors (Lipinski definition) is 2. The molecule has 0 saturated heterocycles. The van der Waals surface area contributed by atoms with Gasteiger partial charge in [-0.15, -0.1) is 5.10 Å². The minimum Gasteiger partial charge on any atom is -0.396 e. The predicted molar refractivity (Wildman–Crippen MR) is 122 cm³/mol. The molecule has 3 aromatic heterocycles. The van der Waals surface area contributed by atoms with Crippen LogP contribution in [-0.4, -0.2) is 46.7 Å². The van der Waals surface area contributed by atoms with Crippen LogP contribution in [0.4, 0.5) is 24.5 Å². The van der Waals surface area contributed by atoms with Crippen LogP contribution in [0.3, 0.4) is 0 Å². The lowest BCUT2D eigenvalue weighted by atomic mass is 10.0. The number of ketones is 1. The van der Waals surface area contributed by atoms with Crippen molar-refractivity contribution < 1.29 is 22.8 Å². The number of rotatable bonds is 6. The summed E-state index contributed by atoms with van der Waals surface area (Å²) in [7, 11) is 0. The van der Waals surface area contributed by atoms with Crippen LogP contribution >= 0.6 is 0 Å². The molecule has 0 atom stereocenters. The third-order valence-corrected chi connectivity index (χ3v) is 5.19. The van der Waals surface area contributed by atoms with Gasteiger partial charge in [0.25, 0.3) is 11.7 Å². The number of nitrogen functional groups attached to an aromatic ring is 1. The topological polar surface area (TPSA) is 170 Å². The lowest BCUT2D eigenvalue weighted by molar-refractivity contribution is -0.147. The Bertz CT molecular complexity index is 1570. The number of pyridine rings is 1. The Kier molecular flexibility index (Phi) is 6.41. The number of tetrazole rings is 1. The quantitative estimate of drug-likeness (QED) is 0.370. The smallest absolute Gasteiger partial charge is 0.396 e. The van der Waals surface area contributed by atoms with Gasteiger partial charge < -0.3 is 11.1 Å². The first kappa shape index (κ1) is 25.0. The van der Waals surface area contributed by atoms with Crippen molar-refractivity contribution in [2.24, 2.45) is 0 Å². The average Bonchev–Trinajstić information content (AvgIpc) is 3.47. The third kappa shape index (κ3) is 4.98. The van der Waals surface area contributed by atoms with E-state index in [-0.39, 0.29) is 39.7 Å². The molecule has 4 rings (SSSR count). The van der Waals surface area contributed by atoms with Crippen molar-refractivity contribution >= 4 is 23.1 Å². The summed E-state index contributed by atoms with van der Waals surface area (Å²) in [6.45, 7) is 2.38. The van der Waals surface area contributed by atoms with E-state index in [1.165, 1.54) is 37.4 Å². The number of anilines is 2. The Balaban J connectivity index is 1.79. The van der Waals surface area contributed by atoms with E-state index < -0.39 is 30.2 Å². The fraction of sp³-hybridized carbons (Fsp3) is 0.182. The van der Waals surface area contributed by atoms with Crippen LogP contribution in [0.5, 0.6) is 0 Å². The molecule has 12 nitrogen and oxygen atoms in total. The zero-order valence-electron chi connectivity index (χ0n) is 19.3. The number of benzene rings is 1. The van der Waals surface area contributed by atoms with Crippen LogP contribution in [0, 0.1) is 18.3 Å². The van der Waals surface area contributed by atoms with Crippen molar-refractivity contribution in [2.75, 3.05) is 11.1 Å². The first-order valence-corrected chi connectivity index (χ1v) is 10.5. The van der Waals surface area contributed by atoms with Crippen molar-refractivity contribution in [2.45, 2.75) is 26.6 Å². The second-order valence-electron chi connectivity index (χ2n) is 7.84. The standard InChI is InChI=1S/C22H17F3N10O2/c1-11-6-13(9-26)7-15(12(2)36)18(11)29-20(37)17-8-14(10-34-21(22(23,24)25)30-32-33-34)31-35(17)19-16(27)4-3-5-28-19/h3-8H,10,27H2,1-2H3,(H,29,37). The van der Waals surface area contributed by atoms with E-state index in [1.54, 1.807) is 13.0 Å². The molecule has 15 heteroatoms. The molecule has 0 radical (unpaired) electrons. The molecule has 0 saturated carbocycles. The van der Waals surface area contributed by atoms with Gasteiger partial charge in [-0.3, -0.25) is 9.59 Å². The minimum atomic E-state index is -4.81. The van der Waals surface area contributed by atoms with Gasteiger partial charge in [-0.2, -0.15) is 23.5 Å². The molecule has 4 aromatic rings. The molecule has 0 aliphatic carbocycles. The highest BCUT2D eigenvalue weighted by molar-refractivity contribution is 6.09. The average molecular weight is 510 g/mol. The van der Waals surface area contributed by atoms with Gasteiger partial charge in [0.05, 0.1) is 35.2 Å². The molecule has 1 aromatic carbocycles. The molecule has 0 unspecified atom stereocenters. The zero-order chi connectivity index (χ0) is 26.9. The number of Topliss-reactive ketones (excluding diaryl/α,β-unsaturated/α-hetero) is 1. The number of nitrogens with zero attached hydrogens (tertiary/aromatic N) is 8. The number of halogens is 3. The SMILES string of the molecule is CC(=O)c1cc(C#N)cc(C)c1NC(=O)c1cc(Cn2nnnc2C(F)(F)F)nn1-c1ncccc1N. The summed E-state index contributed by atoms with van der Waals surface area (Å²) in [6, 6.07) is 9.09. The van der Waals surface area contributed by atoms with E-state index in [1.807, 2.05) is 6.07 Å². The van der Waals surface area contributed by atoms with Crippen LogP contribution in [0.25, 0.3) is 5.82 Å². The van der Waals surface area contributed by atoms with Crippen LogP contribution in [0.15, 0.2) is 36.5 Å². The van der Waals surface area contributed by atoms with Gasteiger partial charge in [0.2, 0.25) is 0 Å². The number of hydrogen-bond acceptors (Lipinski definition) is 9. The molecule has 188 valence electrons. The third-order valence-electron chi connectivity index (χ3n) is 5.19. The highest BCUT2D eigenvalue weighted by Crippen LogP contribution is 2.28. The molecule has 1 amide bonds. The molecule has 0 fully saturated rings. The second kappa shape index (κ2) is 9.49. The minimum absolute atomic E-state index is 0.00338. The highest BCUT2D eigenvalue weighted by Gasteiger charge is 2.38. The molecule has 0 spiro atoms. The van der Waals surface area contributed by atoms with E-state index in [9.17, 15) is 28.0 Å². The van der Waals surface area contributed by atoms with Gasteiger partial charge in [-0.25, -0.2) is 14.3 Å². The summed E-state index contributed by atoms with van der Waals surface area (Å²) < 4.78 is 41.2. The van der Waals surface area contributed by atoms with Crippen molar-refractivity contribution in [3.63, 3.8) is 0 Å². The van der Waals surface area contributed by atoms with E-state index in [0.717, 1.165) is 4.68 Å². The number of aromatic nitrogens is 7. The fourth-order valence-corrected chi connectivity index (χ4v) is 3.56. The number of carbonyl (C=O) groups excluding carboxylic acids is 2. The van der Waals surface area contributed by atoms with Crippen molar-refractivity contribution in [3.05, 3.63) is 70.4 Å². The normalized spacial score (nSPS) is 11.2. The van der Waals surface area contributed by atoms with Crippen molar-refractivity contribution in [3.8, 4) is 11.9 Å². The van der Waals surface area contributed by atoms with E-state index in [2.05, 4.69) is 30.9 Å². The molecule has 0 aliphatic rings. The molecule has 0 bridgehead atoms. The lowest BCUT2D eigenvalue weighted by Gasteiger charge is -2.14. The highest BCUT2D eigenvalue weighted by atomic mass is 19.4. The largest absolute Gasteiger partial charge is 0.453 e. The summed E-state index contributed by atoms with van der Waals surface area (Å²) in [5.41, 5.74) is 6.96. The van der Waals surface area contributed by atoms with Gasteiger partial charge in [0.15, 0.2) is 11.6 Å².